The van der Waals surface area contributed by atoms with Gasteiger partial charge in [0.1, 0.15) is 0 Å². The molecule has 2 saturated heterocycles. The van der Waals surface area contributed by atoms with Gasteiger partial charge in [-0.15, -0.1) is 0 Å². The Bertz CT molecular complexity index is 1700. The second-order valence-corrected chi connectivity index (χ2v) is 10.7. The number of imidazole rings is 1. The lowest BCUT2D eigenvalue weighted by molar-refractivity contribution is -0.134. The van der Waals surface area contributed by atoms with Crippen LogP contribution < -0.4 is 15.4 Å². The Balaban J connectivity index is 1.15. The Kier molecular flexibility index (Phi) is 7.67. The Morgan fingerprint density at radius 3 is 2.53 bits per heavy atom. The standard InChI is InChI=1S/C30H31F2N7O4/c1-17-13-18(3-4-20(17)29(41)37-9-11-38(12-10-37)30(42)22-14-19(40)15-34-22)36-27-28-35-16-23(39(28)8-7-33-27)21-5-6-24(43-2)26(32)25(21)31/h3-8,13,16,19,22,34,40H,9-12,14-15H2,1-2H3,(H,33,36)/t19-,22+/m1/s1. The maximum atomic E-state index is 14.8. The number of hydrogen-bond acceptors (Lipinski definition) is 8. The molecule has 43 heavy (non-hydrogen) atoms. The van der Waals surface area contributed by atoms with E-state index in [4.69, 9.17) is 4.74 Å². The number of benzene rings is 2. The second-order valence-electron chi connectivity index (χ2n) is 10.7. The molecule has 224 valence electrons. The molecule has 2 aromatic heterocycles. The fourth-order valence-electron chi connectivity index (χ4n) is 5.64. The van der Waals surface area contributed by atoms with E-state index in [-0.39, 0.29) is 29.2 Å². The number of anilines is 2. The molecule has 2 fully saturated rings. The number of ether oxygens (including phenoxy) is 1. The minimum absolute atomic E-state index is 0.0286. The lowest BCUT2D eigenvalue weighted by atomic mass is 10.1. The summed E-state index contributed by atoms with van der Waals surface area (Å²) in [4.78, 5) is 38.3. The Labute approximate surface area is 246 Å². The van der Waals surface area contributed by atoms with Crippen LogP contribution in [0, 0.1) is 18.6 Å². The molecule has 2 aliphatic heterocycles. The van der Waals surface area contributed by atoms with Crippen molar-refractivity contribution in [1.82, 2.24) is 29.5 Å². The molecule has 0 unspecified atom stereocenters. The summed E-state index contributed by atoms with van der Waals surface area (Å²) in [6, 6.07) is 7.76. The number of halogens is 2. The number of methoxy groups -OCH3 is 1. The van der Waals surface area contributed by atoms with Crippen molar-refractivity contribution in [2.24, 2.45) is 0 Å². The summed E-state index contributed by atoms with van der Waals surface area (Å²) in [5.41, 5.74) is 2.75. The second kappa shape index (κ2) is 11.6. The van der Waals surface area contributed by atoms with Gasteiger partial charge in [-0.05, 0) is 49.2 Å². The zero-order valence-electron chi connectivity index (χ0n) is 23.7. The van der Waals surface area contributed by atoms with Crippen LogP contribution in [0.3, 0.4) is 0 Å². The Morgan fingerprint density at radius 1 is 1.07 bits per heavy atom. The zero-order valence-corrected chi connectivity index (χ0v) is 23.7. The fraction of sp³-hybridized carbons (Fsp3) is 0.333. The highest BCUT2D eigenvalue weighted by atomic mass is 19.2. The van der Waals surface area contributed by atoms with Crippen molar-refractivity contribution >= 4 is 29.0 Å². The number of rotatable bonds is 6. The summed E-state index contributed by atoms with van der Waals surface area (Å²) >= 11 is 0. The van der Waals surface area contributed by atoms with Gasteiger partial charge in [-0.3, -0.25) is 14.0 Å². The van der Waals surface area contributed by atoms with Gasteiger partial charge in [0.15, 0.2) is 23.0 Å². The van der Waals surface area contributed by atoms with Gasteiger partial charge in [0.2, 0.25) is 11.7 Å². The average Bonchev–Trinajstić information content (AvgIpc) is 3.65. The first-order valence-electron chi connectivity index (χ1n) is 14.0. The van der Waals surface area contributed by atoms with E-state index in [2.05, 4.69) is 20.6 Å². The summed E-state index contributed by atoms with van der Waals surface area (Å²) in [5.74, 6) is -2.06. The third-order valence-corrected chi connectivity index (χ3v) is 7.97. The number of hydrogen-bond donors (Lipinski definition) is 3. The molecule has 4 aromatic rings. The molecule has 2 atom stereocenters. The van der Waals surface area contributed by atoms with Crippen molar-refractivity contribution in [3.63, 3.8) is 0 Å². The van der Waals surface area contributed by atoms with Crippen molar-refractivity contribution in [1.29, 1.82) is 0 Å². The van der Waals surface area contributed by atoms with Crippen LogP contribution in [0.5, 0.6) is 5.75 Å². The molecule has 6 rings (SSSR count). The van der Waals surface area contributed by atoms with Crippen molar-refractivity contribution < 1.29 is 28.2 Å². The average molecular weight is 592 g/mol. The van der Waals surface area contributed by atoms with Gasteiger partial charge in [-0.25, -0.2) is 14.4 Å². The molecule has 2 aromatic carbocycles. The number of β-amino-alcohol motifs (C(OH)–C–C–N with tert-alkyl or cyclic N) is 1. The monoisotopic (exact) mass is 591 g/mol. The third-order valence-electron chi connectivity index (χ3n) is 7.97. The van der Waals surface area contributed by atoms with Gasteiger partial charge in [-0.2, -0.15) is 4.39 Å². The van der Waals surface area contributed by atoms with Gasteiger partial charge in [0.05, 0.1) is 31.1 Å². The molecule has 2 amide bonds. The van der Waals surface area contributed by atoms with Crippen LogP contribution in [0.25, 0.3) is 16.9 Å². The SMILES string of the molecule is COc1ccc(-c2cnc3c(Nc4ccc(C(=O)N5CCN(C(=O)[C@@H]6C[C@@H](O)CN6)CC5)c(C)c4)nccn23)c(F)c1F. The third kappa shape index (κ3) is 5.37. The van der Waals surface area contributed by atoms with E-state index in [0.29, 0.717) is 67.6 Å². The van der Waals surface area contributed by atoms with Gasteiger partial charge in [0, 0.05) is 61.9 Å². The van der Waals surface area contributed by atoms with E-state index in [9.17, 15) is 23.5 Å². The molecule has 0 aliphatic carbocycles. The van der Waals surface area contributed by atoms with E-state index in [1.54, 1.807) is 32.5 Å². The first kappa shape index (κ1) is 28.5. The number of fused-ring (bicyclic) bond motifs is 1. The number of nitrogens with one attached hydrogen (secondary N) is 2. The van der Waals surface area contributed by atoms with Crippen LogP contribution in [0.2, 0.25) is 0 Å². The highest BCUT2D eigenvalue weighted by molar-refractivity contribution is 5.96. The molecule has 0 bridgehead atoms. The van der Waals surface area contributed by atoms with E-state index >= 15 is 0 Å². The van der Waals surface area contributed by atoms with Gasteiger partial charge >= 0.3 is 0 Å². The normalized spacial score (nSPS) is 18.7. The smallest absolute Gasteiger partial charge is 0.254 e. The number of aliphatic hydroxyl groups is 1. The molecule has 0 spiro atoms. The van der Waals surface area contributed by atoms with Crippen molar-refractivity contribution in [2.45, 2.75) is 25.5 Å². The molecule has 0 radical (unpaired) electrons. The first-order chi connectivity index (χ1) is 20.7. The number of amides is 2. The van der Waals surface area contributed by atoms with Gasteiger partial charge in [-0.1, -0.05) is 0 Å². The molecule has 0 saturated carbocycles. The lowest BCUT2D eigenvalue weighted by Crippen LogP contribution is -2.54. The van der Waals surface area contributed by atoms with Crippen LogP contribution in [0.1, 0.15) is 22.3 Å². The van der Waals surface area contributed by atoms with Gasteiger partial charge < -0.3 is 30.3 Å². The Morgan fingerprint density at radius 2 is 1.84 bits per heavy atom. The molecule has 3 N–H and O–H groups in total. The molecule has 13 heteroatoms. The van der Waals surface area contributed by atoms with Crippen LogP contribution in [0.4, 0.5) is 20.3 Å². The number of nitrogens with zero attached hydrogens (tertiary/aromatic N) is 5. The first-order valence-corrected chi connectivity index (χ1v) is 14.0. The van der Waals surface area contributed by atoms with Crippen LogP contribution >= 0.6 is 0 Å². The van der Waals surface area contributed by atoms with Crippen LogP contribution in [-0.2, 0) is 4.79 Å². The molecular formula is C30H31F2N7O4. The number of aryl methyl sites for hydroxylation is 1. The van der Waals surface area contributed by atoms with E-state index in [1.807, 2.05) is 13.0 Å². The number of carbonyl (C=O) groups is 2. The molecular weight excluding hydrogens is 560 g/mol. The number of aliphatic hydroxyl groups excluding tert-OH is 1. The highest BCUT2D eigenvalue weighted by Crippen LogP contribution is 2.31. The predicted octanol–water partition coefficient (Wildman–Crippen LogP) is 2.74. The minimum Gasteiger partial charge on any atom is -0.494 e. The number of carbonyl (C=O) groups excluding carboxylic acids is 2. The van der Waals surface area contributed by atoms with Crippen LogP contribution in [-0.4, -0.2) is 93.1 Å². The van der Waals surface area contributed by atoms with Gasteiger partial charge in [0.25, 0.3) is 5.91 Å². The largest absolute Gasteiger partial charge is 0.494 e. The van der Waals surface area contributed by atoms with Crippen molar-refractivity contribution in [2.75, 3.05) is 45.2 Å². The molecule has 4 heterocycles. The molecule has 11 nitrogen and oxygen atoms in total. The lowest BCUT2D eigenvalue weighted by Gasteiger charge is -2.36. The topological polar surface area (TPSA) is 124 Å². The quantitative estimate of drug-likeness (QED) is 0.313. The predicted molar refractivity (Wildman–Crippen MR) is 154 cm³/mol. The number of piperazine rings is 1. The summed E-state index contributed by atoms with van der Waals surface area (Å²) in [6.07, 6.45) is 4.48. The summed E-state index contributed by atoms with van der Waals surface area (Å²) in [7, 11) is 1.27. The van der Waals surface area contributed by atoms with Crippen molar-refractivity contribution in [3.05, 3.63) is 71.7 Å². The van der Waals surface area contributed by atoms with E-state index < -0.39 is 17.7 Å². The Hall–Kier alpha value is -4.62. The van der Waals surface area contributed by atoms with Crippen molar-refractivity contribution in [3.8, 4) is 17.0 Å². The maximum absolute atomic E-state index is 14.8. The number of aromatic nitrogens is 3. The fourth-order valence-corrected chi connectivity index (χ4v) is 5.64. The summed E-state index contributed by atoms with van der Waals surface area (Å²) < 4.78 is 35.7. The summed E-state index contributed by atoms with van der Waals surface area (Å²) in [6.45, 7) is 3.98. The highest BCUT2D eigenvalue weighted by Gasteiger charge is 2.33. The molecule has 2 aliphatic rings. The maximum Gasteiger partial charge on any atom is 0.254 e. The van der Waals surface area contributed by atoms with E-state index in [0.717, 1.165) is 5.56 Å². The van der Waals surface area contributed by atoms with Crippen LogP contribution in [0.15, 0.2) is 48.9 Å². The zero-order chi connectivity index (χ0) is 30.2. The minimum atomic E-state index is -1.08. The summed E-state index contributed by atoms with van der Waals surface area (Å²) in [5, 5.41) is 16.0. The van der Waals surface area contributed by atoms with E-state index in [1.165, 1.54) is 31.6 Å².